The van der Waals surface area contributed by atoms with Crippen molar-refractivity contribution in [3.8, 4) is 0 Å². The van der Waals surface area contributed by atoms with Crippen molar-refractivity contribution >= 4 is 29.1 Å². The maximum Gasteiger partial charge on any atom is 0.227 e. The number of rotatable bonds is 4. The van der Waals surface area contributed by atoms with Gasteiger partial charge in [0.1, 0.15) is 0 Å². The Labute approximate surface area is 170 Å². The topological polar surface area (TPSA) is 23.6 Å². The van der Waals surface area contributed by atoms with E-state index in [1.165, 1.54) is 11.1 Å². The smallest absolute Gasteiger partial charge is 0.227 e. The summed E-state index contributed by atoms with van der Waals surface area (Å²) in [7, 11) is 0. The standard InChI is InChI=1S/C22H22Cl2N2O/c23-19-8-7-16(13-20(19)24)14-22(27)26-12-9-17-5-1-2-6-18(17)21(26)15-25-10-3-4-11-25/h1-8,13,21H,9-12,14-15H2. The van der Waals surface area contributed by atoms with E-state index in [0.717, 1.165) is 38.2 Å². The van der Waals surface area contributed by atoms with Crippen LogP contribution < -0.4 is 0 Å². The predicted molar refractivity (Wildman–Crippen MR) is 110 cm³/mol. The summed E-state index contributed by atoms with van der Waals surface area (Å²) in [5.41, 5.74) is 3.53. The van der Waals surface area contributed by atoms with E-state index in [1.807, 2.05) is 11.0 Å². The Bertz CT molecular complexity index is 872. The van der Waals surface area contributed by atoms with Gasteiger partial charge in [-0.1, -0.05) is 65.7 Å². The van der Waals surface area contributed by atoms with Crippen LogP contribution in [0.25, 0.3) is 0 Å². The van der Waals surface area contributed by atoms with Crippen molar-refractivity contribution in [3.05, 3.63) is 81.4 Å². The van der Waals surface area contributed by atoms with Gasteiger partial charge >= 0.3 is 0 Å². The number of hydrogen-bond acceptors (Lipinski definition) is 2. The Hall–Kier alpha value is -1.81. The summed E-state index contributed by atoms with van der Waals surface area (Å²) in [6.45, 7) is 3.52. The van der Waals surface area contributed by atoms with Gasteiger partial charge in [0.2, 0.25) is 5.91 Å². The molecule has 27 heavy (non-hydrogen) atoms. The molecule has 0 fully saturated rings. The lowest BCUT2D eigenvalue weighted by Crippen LogP contribution is -2.45. The largest absolute Gasteiger partial charge is 0.334 e. The molecule has 3 nitrogen and oxygen atoms in total. The molecular formula is C22H22Cl2N2O. The van der Waals surface area contributed by atoms with Crippen molar-refractivity contribution in [3.63, 3.8) is 0 Å². The van der Waals surface area contributed by atoms with E-state index in [-0.39, 0.29) is 11.9 Å². The van der Waals surface area contributed by atoms with Crippen molar-refractivity contribution in [1.29, 1.82) is 0 Å². The Kier molecular flexibility index (Phi) is 5.53. The van der Waals surface area contributed by atoms with Gasteiger partial charge in [-0.3, -0.25) is 9.69 Å². The summed E-state index contributed by atoms with van der Waals surface area (Å²) in [5, 5.41) is 1.00. The van der Waals surface area contributed by atoms with E-state index in [2.05, 4.69) is 41.3 Å². The fraction of sp³-hybridized carbons (Fsp3) is 0.318. The Morgan fingerprint density at radius 1 is 1.04 bits per heavy atom. The number of benzene rings is 2. The van der Waals surface area contributed by atoms with Gasteiger partial charge in [-0.15, -0.1) is 0 Å². The molecule has 0 radical (unpaired) electrons. The van der Waals surface area contributed by atoms with Gasteiger partial charge in [0.15, 0.2) is 0 Å². The molecule has 0 saturated heterocycles. The Balaban J connectivity index is 1.57. The molecule has 0 saturated carbocycles. The van der Waals surface area contributed by atoms with Gasteiger partial charge in [0.25, 0.3) is 0 Å². The van der Waals surface area contributed by atoms with E-state index >= 15 is 0 Å². The molecule has 0 aliphatic carbocycles. The maximum atomic E-state index is 13.2. The van der Waals surface area contributed by atoms with E-state index in [4.69, 9.17) is 23.2 Å². The van der Waals surface area contributed by atoms with Gasteiger partial charge in [0, 0.05) is 26.2 Å². The molecule has 2 heterocycles. The van der Waals surface area contributed by atoms with Crippen LogP contribution in [0.5, 0.6) is 0 Å². The third-order valence-electron chi connectivity index (χ3n) is 5.40. The lowest BCUT2D eigenvalue weighted by molar-refractivity contribution is -0.133. The van der Waals surface area contributed by atoms with Crippen LogP contribution in [-0.4, -0.2) is 41.9 Å². The first-order valence-electron chi connectivity index (χ1n) is 9.30. The summed E-state index contributed by atoms with van der Waals surface area (Å²) in [4.78, 5) is 17.6. The van der Waals surface area contributed by atoms with Crippen LogP contribution in [0.2, 0.25) is 10.0 Å². The molecule has 4 rings (SSSR count). The monoisotopic (exact) mass is 400 g/mol. The molecule has 1 atom stereocenters. The van der Waals surface area contributed by atoms with Crippen LogP contribution >= 0.6 is 23.2 Å². The van der Waals surface area contributed by atoms with E-state index in [1.54, 1.807) is 12.1 Å². The third-order valence-corrected chi connectivity index (χ3v) is 6.14. The summed E-state index contributed by atoms with van der Waals surface area (Å²) in [5.74, 6) is 0.139. The second-order valence-electron chi connectivity index (χ2n) is 7.17. The highest BCUT2D eigenvalue weighted by molar-refractivity contribution is 6.42. The van der Waals surface area contributed by atoms with Crippen molar-refractivity contribution < 1.29 is 4.79 Å². The van der Waals surface area contributed by atoms with Crippen LogP contribution in [0.15, 0.2) is 54.6 Å². The first-order chi connectivity index (χ1) is 13.1. The summed E-state index contributed by atoms with van der Waals surface area (Å²) >= 11 is 12.1. The van der Waals surface area contributed by atoms with Crippen LogP contribution in [-0.2, 0) is 17.6 Å². The highest BCUT2D eigenvalue weighted by Gasteiger charge is 2.32. The molecule has 0 spiro atoms. The number of carbonyl (C=O) groups excluding carboxylic acids is 1. The molecular weight excluding hydrogens is 379 g/mol. The average molecular weight is 401 g/mol. The molecule has 1 amide bonds. The van der Waals surface area contributed by atoms with Gasteiger partial charge in [-0.05, 0) is 35.2 Å². The molecule has 140 valence electrons. The molecule has 5 heteroatoms. The molecule has 0 bridgehead atoms. The van der Waals surface area contributed by atoms with Crippen LogP contribution in [0.3, 0.4) is 0 Å². The summed E-state index contributed by atoms with van der Waals surface area (Å²) in [6.07, 6.45) is 5.62. The van der Waals surface area contributed by atoms with Crippen molar-refractivity contribution in [2.45, 2.75) is 18.9 Å². The van der Waals surface area contributed by atoms with E-state index < -0.39 is 0 Å². The number of carbonyl (C=O) groups is 1. The molecule has 0 N–H and O–H groups in total. The fourth-order valence-corrected chi connectivity index (χ4v) is 4.31. The van der Waals surface area contributed by atoms with Gasteiger partial charge in [-0.2, -0.15) is 0 Å². The normalized spacial score (nSPS) is 19.3. The minimum absolute atomic E-state index is 0.0881. The number of fused-ring (bicyclic) bond motifs is 1. The fourth-order valence-electron chi connectivity index (χ4n) is 3.99. The lowest BCUT2D eigenvalue weighted by atomic mass is 9.91. The SMILES string of the molecule is O=C(Cc1ccc(Cl)c(Cl)c1)N1CCc2ccccc2C1CN1CC=CC1. The van der Waals surface area contributed by atoms with Crippen molar-refractivity contribution in [2.24, 2.45) is 0 Å². The Morgan fingerprint density at radius 2 is 1.81 bits per heavy atom. The van der Waals surface area contributed by atoms with Gasteiger partial charge < -0.3 is 4.90 Å². The number of halogens is 2. The quantitative estimate of drug-likeness (QED) is 0.703. The molecule has 2 aromatic rings. The highest BCUT2D eigenvalue weighted by Crippen LogP contribution is 2.32. The summed E-state index contributed by atoms with van der Waals surface area (Å²) < 4.78 is 0. The minimum atomic E-state index is 0.0881. The number of hydrogen-bond donors (Lipinski definition) is 0. The van der Waals surface area contributed by atoms with Crippen LogP contribution in [0.4, 0.5) is 0 Å². The average Bonchev–Trinajstić information content (AvgIpc) is 3.18. The van der Waals surface area contributed by atoms with E-state index in [9.17, 15) is 4.79 Å². The zero-order valence-corrected chi connectivity index (χ0v) is 16.6. The highest BCUT2D eigenvalue weighted by atomic mass is 35.5. The van der Waals surface area contributed by atoms with Gasteiger partial charge in [0.05, 0.1) is 22.5 Å². The van der Waals surface area contributed by atoms with Crippen LogP contribution in [0, 0.1) is 0 Å². The minimum Gasteiger partial charge on any atom is -0.334 e. The second kappa shape index (κ2) is 8.05. The first-order valence-corrected chi connectivity index (χ1v) is 10.1. The molecule has 2 aromatic carbocycles. The number of nitrogens with zero attached hydrogens (tertiary/aromatic N) is 2. The molecule has 2 aliphatic rings. The maximum absolute atomic E-state index is 13.2. The van der Waals surface area contributed by atoms with Gasteiger partial charge in [-0.25, -0.2) is 0 Å². The second-order valence-corrected chi connectivity index (χ2v) is 7.98. The third kappa shape index (κ3) is 4.06. The van der Waals surface area contributed by atoms with E-state index in [0.29, 0.717) is 16.5 Å². The first kappa shape index (κ1) is 18.5. The Morgan fingerprint density at radius 3 is 2.59 bits per heavy atom. The lowest BCUT2D eigenvalue weighted by Gasteiger charge is -2.39. The molecule has 1 unspecified atom stereocenters. The predicted octanol–water partition coefficient (Wildman–Crippen LogP) is 4.53. The number of amides is 1. The van der Waals surface area contributed by atoms with Crippen molar-refractivity contribution in [2.75, 3.05) is 26.2 Å². The molecule has 0 aromatic heterocycles. The van der Waals surface area contributed by atoms with Crippen molar-refractivity contribution in [1.82, 2.24) is 9.80 Å². The summed E-state index contributed by atoms with van der Waals surface area (Å²) in [6, 6.07) is 14.0. The van der Waals surface area contributed by atoms with Crippen LogP contribution in [0.1, 0.15) is 22.7 Å². The zero-order chi connectivity index (χ0) is 18.8. The zero-order valence-electron chi connectivity index (χ0n) is 15.1. The molecule has 2 aliphatic heterocycles.